The molecular weight excluding hydrogens is 312 g/mol. The molecule has 1 N–H and O–H groups in total. The fourth-order valence-electron chi connectivity index (χ4n) is 2.58. The Morgan fingerprint density at radius 1 is 1.48 bits per heavy atom. The molecule has 0 amide bonds. The largest absolute Gasteiger partial charge is 0.396 e. The van der Waals surface area contributed by atoms with Crippen molar-refractivity contribution >= 4 is 21.6 Å². The highest BCUT2D eigenvalue weighted by atomic mass is 35.5. The quantitative estimate of drug-likeness (QED) is 0.916. The molecule has 1 aromatic carbocycles. The van der Waals surface area contributed by atoms with Crippen LogP contribution in [0, 0.1) is 17.2 Å². The number of nitriles is 1. The van der Waals surface area contributed by atoms with Crippen LogP contribution >= 0.6 is 11.6 Å². The van der Waals surface area contributed by atoms with Crippen molar-refractivity contribution in [3.63, 3.8) is 0 Å². The van der Waals surface area contributed by atoms with Crippen LogP contribution in [0.3, 0.4) is 0 Å². The first-order valence-electron chi connectivity index (χ1n) is 6.79. The summed E-state index contributed by atoms with van der Waals surface area (Å²) in [4.78, 5) is 0.0350. The molecule has 0 aromatic heterocycles. The van der Waals surface area contributed by atoms with E-state index in [1.807, 2.05) is 6.07 Å². The zero-order chi connectivity index (χ0) is 15.5. The van der Waals surface area contributed by atoms with Gasteiger partial charge in [0.25, 0.3) is 0 Å². The van der Waals surface area contributed by atoms with Crippen molar-refractivity contribution in [3.8, 4) is 6.07 Å². The van der Waals surface area contributed by atoms with Gasteiger partial charge in [0.05, 0.1) is 16.7 Å². The Balaban J connectivity index is 2.27. The lowest BCUT2D eigenvalue weighted by Gasteiger charge is -2.31. The molecule has 1 aromatic rings. The zero-order valence-electron chi connectivity index (χ0n) is 11.5. The minimum absolute atomic E-state index is 0.0350. The highest BCUT2D eigenvalue weighted by molar-refractivity contribution is 7.89. The molecule has 1 heterocycles. The maximum absolute atomic E-state index is 12.7. The molecule has 0 spiro atoms. The molecule has 1 fully saturated rings. The summed E-state index contributed by atoms with van der Waals surface area (Å²) in [5.41, 5.74) is 0.329. The maximum atomic E-state index is 12.7. The van der Waals surface area contributed by atoms with Crippen LogP contribution in [0.4, 0.5) is 0 Å². The number of sulfonamides is 1. The predicted molar refractivity (Wildman–Crippen MR) is 79.4 cm³/mol. The Kier molecular flexibility index (Phi) is 5.22. The Hall–Kier alpha value is -1.13. The fourth-order valence-corrected chi connectivity index (χ4v) is 4.66. The van der Waals surface area contributed by atoms with E-state index in [1.165, 1.54) is 22.5 Å². The van der Waals surface area contributed by atoms with E-state index in [0.29, 0.717) is 25.1 Å². The first kappa shape index (κ1) is 16.2. The Labute approximate surface area is 129 Å². The summed E-state index contributed by atoms with van der Waals surface area (Å²) in [6.45, 7) is 0.927. The number of nitrogens with zero attached hydrogens (tertiary/aromatic N) is 2. The van der Waals surface area contributed by atoms with Crippen LogP contribution in [0.5, 0.6) is 0 Å². The van der Waals surface area contributed by atoms with E-state index < -0.39 is 10.0 Å². The van der Waals surface area contributed by atoms with E-state index >= 15 is 0 Å². The van der Waals surface area contributed by atoms with Crippen LogP contribution in [-0.2, 0) is 10.0 Å². The van der Waals surface area contributed by atoms with Gasteiger partial charge in [0.2, 0.25) is 10.0 Å². The van der Waals surface area contributed by atoms with Crippen molar-refractivity contribution in [2.45, 2.75) is 24.2 Å². The van der Waals surface area contributed by atoms with Crippen molar-refractivity contribution in [2.75, 3.05) is 19.7 Å². The molecule has 0 aliphatic carbocycles. The van der Waals surface area contributed by atoms with Gasteiger partial charge in [0, 0.05) is 19.7 Å². The first-order valence-corrected chi connectivity index (χ1v) is 8.61. The molecule has 1 atom stereocenters. The SMILES string of the molecule is N#Cc1ccc(S(=O)(=O)N2CCC[C@H](CCO)C2)c(Cl)c1. The van der Waals surface area contributed by atoms with Gasteiger partial charge >= 0.3 is 0 Å². The van der Waals surface area contributed by atoms with E-state index in [0.717, 1.165) is 12.8 Å². The second-order valence-electron chi connectivity index (χ2n) is 5.14. The van der Waals surface area contributed by atoms with E-state index in [-0.39, 0.29) is 22.4 Å². The smallest absolute Gasteiger partial charge is 0.244 e. The van der Waals surface area contributed by atoms with Gasteiger partial charge in [0.1, 0.15) is 4.90 Å². The Morgan fingerprint density at radius 2 is 2.24 bits per heavy atom. The van der Waals surface area contributed by atoms with Crippen molar-refractivity contribution in [3.05, 3.63) is 28.8 Å². The average molecular weight is 329 g/mol. The van der Waals surface area contributed by atoms with Crippen LogP contribution in [0.25, 0.3) is 0 Å². The van der Waals surface area contributed by atoms with Gasteiger partial charge in [-0.25, -0.2) is 8.42 Å². The van der Waals surface area contributed by atoms with Gasteiger partial charge in [-0.1, -0.05) is 11.6 Å². The number of halogens is 1. The van der Waals surface area contributed by atoms with Crippen molar-refractivity contribution in [2.24, 2.45) is 5.92 Å². The summed E-state index contributed by atoms with van der Waals surface area (Å²) in [6.07, 6.45) is 2.30. The minimum Gasteiger partial charge on any atom is -0.396 e. The molecule has 2 rings (SSSR count). The van der Waals surface area contributed by atoms with Gasteiger partial charge in [-0.05, 0) is 43.4 Å². The van der Waals surface area contributed by atoms with E-state index in [1.54, 1.807) is 0 Å². The molecule has 114 valence electrons. The summed E-state index contributed by atoms with van der Waals surface area (Å²) in [5.74, 6) is 0.177. The third-order valence-corrected chi connectivity index (χ3v) is 6.05. The van der Waals surface area contributed by atoms with Gasteiger partial charge in [-0.2, -0.15) is 9.57 Å². The number of aliphatic hydroxyl groups is 1. The molecule has 1 aliphatic heterocycles. The molecule has 5 nitrogen and oxygen atoms in total. The summed E-state index contributed by atoms with van der Waals surface area (Å²) < 4.78 is 26.7. The molecule has 1 aliphatic rings. The standard InChI is InChI=1S/C14H17ClN2O3S/c15-13-8-12(9-16)3-4-14(13)21(19,20)17-6-1-2-11(10-17)5-7-18/h3-4,8,11,18H,1-2,5-7,10H2/t11-/m1/s1. The lowest BCUT2D eigenvalue weighted by molar-refractivity contribution is 0.203. The van der Waals surface area contributed by atoms with Gasteiger partial charge in [-0.3, -0.25) is 0 Å². The summed E-state index contributed by atoms with van der Waals surface area (Å²) >= 11 is 6.01. The average Bonchev–Trinajstić information content (AvgIpc) is 2.47. The number of benzene rings is 1. The van der Waals surface area contributed by atoms with Crippen molar-refractivity contribution in [1.82, 2.24) is 4.31 Å². The number of hydrogen-bond acceptors (Lipinski definition) is 4. The molecular formula is C14H17ClN2O3S. The lowest BCUT2D eigenvalue weighted by atomic mass is 9.97. The summed E-state index contributed by atoms with van der Waals surface area (Å²) in [7, 11) is -3.66. The monoisotopic (exact) mass is 328 g/mol. The van der Waals surface area contributed by atoms with Crippen LogP contribution in [0.2, 0.25) is 5.02 Å². The van der Waals surface area contributed by atoms with Gasteiger partial charge < -0.3 is 5.11 Å². The number of hydrogen-bond donors (Lipinski definition) is 1. The van der Waals surface area contributed by atoms with Crippen LogP contribution in [0.1, 0.15) is 24.8 Å². The highest BCUT2D eigenvalue weighted by Crippen LogP contribution is 2.29. The second-order valence-corrected chi connectivity index (χ2v) is 7.45. The number of piperidine rings is 1. The lowest BCUT2D eigenvalue weighted by Crippen LogP contribution is -2.40. The molecule has 0 bridgehead atoms. The normalized spacial score (nSPS) is 20.1. The second kappa shape index (κ2) is 6.75. The van der Waals surface area contributed by atoms with Crippen LogP contribution in [-0.4, -0.2) is 37.5 Å². The van der Waals surface area contributed by atoms with Gasteiger partial charge in [0.15, 0.2) is 0 Å². The van der Waals surface area contributed by atoms with Crippen LogP contribution < -0.4 is 0 Å². The number of aliphatic hydroxyl groups excluding tert-OH is 1. The van der Waals surface area contributed by atoms with Gasteiger partial charge in [-0.15, -0.1) is 0 Å². The first-order chi connectivity index (χ1) is 9.98. The van der Waals surface area contributed by atoms with E-state index in [9.17, 15) is 8.42 Å². The highest BCUT2D eigenvalue weighted by Gasteiger charge is 2.31. The Bertz CT molecular complexity index is 653. The maximum Gasteiger partial charge on any atom is 0.244 e. The van der Waals surface area contributed by atoms with E-state index in [2.05, 4.69) is 0 Å². The van der Waals surface area contributed by atoms with Crippen molar-refractivity contribution in [1.29, 1.82) is 5.26 Å². The van der Waals surface area contributed by atoms with E-state index in [4.69, 9.17) is 22.0 Å². The number of rotatable bonds is 4. The third kappa shape index (κ3) is 3.55. The minimum atomic E-state index is -3.66. The molecule has 0 saturated carbocycles. The fraction of sp³-hybridized carbons (Fsp3) is 0.500. The third-order valence-electron chi connectivity index (χ3n) is 3.70. The zero-order valence-corrected chi connectivity index (χ0v) is 13.1. The predicted octanol–water partition coefficient (Wildman–Crippen LogP) is 1.99. The molecule has 0 radical (unpaired) electrons. The molecule has 7 heteroatoms. The van der Waals surface area contributed by atoms with Crippen molar-refractivity contribution < 1.29 is 13.5 Å². The molecule has 1 saturated heterocycles. The topological polar surface area (TPSA) is 81.4 Å². The van der Waals surface area contributed by atoms with Crippen LogP contribution in [0.15, 0.2) is 23.1 Å². The molecule has 21 heavy (non-hydrogen) atoms. The Morgan fingerprint density at radius 3 is 2.86 bits per heavy atom. The summed E-state index contributed by atoms with van der Waals surface area (Å²) in [5, 5.41) is 17.9. The molecule has 0 unspecified atom stereocenters. The summed E-state index contributed by atoms with van der Waals surface area (Å²) in [6, 6.07) is 6.13.